The van der Waals surface area contributed by atoms with Crippen LogP contribution in [-0.2, 0) is 22.6 Å². The van der Waals surface area contributed by atoms with Gasteiger partial charge in [0, 0.05) is 36.3 Å². The van der Waals surface area contributed by atoms with Gasteiger partial charge in [0.15, 0.2) is 0 Å². The van der Waals surface area contributed by atoms with Gasteiger partial charge >= 0.3 is 0 Å². The Balaban J connectivity index is 1.50. The second-order valence-corrected chi connectivity index (χ2v) is 13.4. The van der Waals surface area contributed by atoms with Crippen molar-refractivity contribution in [3.8, 4) is 11.4 Å². The number of carbonyl (C=O) groups is 2. The van der Waals surface area contributed by atoms with Gasteiger partial charge in [-0.25, -0.2) is 13.8 Å². The standard InChI is InChI=1S/C39H41Cl2F2N5O2/c1-4-16-47(17-5-2)30-11-7-26(8-12-30)38-45-36-22-27(9-15-37(36)48(38)23-28-21-29(42)10-14-33(28)43)35(18-24(3)49)46-39(50)34(44)20-25-6-13-31(40)32(41)19-25/h6-15,19,21-22,34-35H,4-5,16-18,20,23,44H2,1-3H3,(H,46,50)/t34-,35?/m0/s1. The van der Waals surface area contributed by atoms with E-state index in [-0.39, 0.29) is 30.7 Å². The number of nitrogens with zero attached hydrogens (tertiary/aromatic N) is 3. The number of benzene rings is 4. The van der Waals surface area contributed by atoms with E-state index in [9.17, 15) is 18.4 Å². The average molecular weight is 721 g/mol. The Morgan fingerprint density at radius 3 is 2.30 bits per heavy atom. The van der Waals surface area contributed by atoms with Gasteiger partial charge < -0.3 is 20.5 Å². The molecule has 3 N–H and O–H groups in total. The summed E-state index contributed by atoms with van der Waals surface area (Å²) < 4.78 is 31.0. The summed E-state index contributed by atoms with van der Waals surface area (Å²) in [4.78, 5) is 33.0. The highest BCUT2D eigenvalue weighted by molar-refractivity contribution is 6.42. The first kappa shape index (κ1) is 37.0. The molecule has 0 spiro atoms. The van der Waals surface area contributed by atoms with Gasteiger partial charge in [-0.15, -0.1) is 0 Å². The molecule has 1 amide bonds. The number of rotatable bonds is 15. The van der Waals surface area contributed by atoms with Crippen LogP contribution >= 0.6 is 23.2 Å². The summed E-state index contributed by atoms with van der Waals surface area (Å²) in [6.07, 6.45) is 2.29. The van der Waals surface area contributed by atoms with Crippen LogP contribution in [-0.4, -0.2) is 40.4 Å². The smallest absolute Gasteiger partial charge is 0.237 e. The van der Waals surface area contributed by atoms with Crippen molar-refractivity contribution in [2.75, 3.05) is 18.0 Å². The summed E-state index contributed by atoms with van der Waals surface area (Å²) in [6.45, 7) is 7.66. The molecule has 0 saturated carbocycles. The maximum atomic E-state index is 14.9. The summed E-state index contributed by atoms with van der Waals surface area (Å²) in [6, 6.07) is 20.4. The van der Waals surface area contributed by atoms with Gasteiger partial charge in [0.1, 0.15) is 23.2 Å². The van der Waals surface area contributed by atoms with Gasteiger partial charge in [-0.3, -0.25) is 9.59 Å². The first-order valence-electron chi connectivity index (χ1n) is 16.8. The van der Waals surface area contributed by atoms with Crippen molar-refractivity contribution in [2.45, 2.75) is 65.1 Å². The monoisotopic (exact) mass is 719 g/mol. The fourth-order valence-electron chi connectivity index (χ4n) is 6.14. The number of hydrogen-bond donors (Lipinski definition) is 2. The molecule has 1 unspecified atom stereocenters. The lowest BCUT2D eigenvalue weighted by atomic mass is 9.99. The molecule has 50 heavy (non-hydrogen) atoms. The molecule has 1 aromatic heterocycles. The van der Waals surface area contributed by atoms with Gasteiger partial charge in [-0.05, 0) is 104 Å². The SMILES string of the molecule is CCCN(CCC)c1ccc(-c2nc3cc(C(CC(C)=O)NC(=O)[C@@H](N)Cc4ccc(Cl)c(Cl)c4)ccc3n2Cc2cc(F)ccc2F)cc1. The van der Waals surface area contributed by atoms with Gasteiger partial charge in [-0.2, -0.15) is 0 Å². The van der Waals surface area contributed by atoms with Crippen LogP contribution in [0.15, 0.2) is 78.9 Å². The molecule has 7 nitrogen and oxygen atoms in total. The molecular weight excluding hydrogens is 679 g/mol. The number of hydrogen-bond acceptors (Lipinski definition) is 5. The third kappa shape index (κ3) is 8.88. The molecule has 5 aromatic rings. The molecule has 11 heteroatoms. The first-order chi connectivity index (χ1) is 24.0. The molecule has 0 aliphatic heterocycles. The maximum Gasteiger partial charge on any atom is 0.237 e. The average Bonchev–Trinajstić information content (AvgIpc) is 3.44. The van der Waals surface area contributed by atoms with Crippen LogP contribution in [0.1, 0.15) is 62.8 Å². The van der Waals surface area contributed by atoms with E-state index in [2.05, 4.69) is 36.2 Å². The van der Waals surface area contributed by atoms with Crippen molar-refractivity contribution in [1.29, 1.82) is 0 Å². The molecule has 1 heterocycles. The van der Waals surface area contributed by atoms with Crippen molar-refractivity contribution in [1.82, 2.24) is 14.9 Å². The third-order valence-corrected chi connectivity index (χ3v) is 9.31. The van der Waals surface area contributed by atoms with Crippen LogP contribution in [0.4, 0.5) is 14.5 Å². The highest BCUT2D eigenvalue weighted by Crippen LogP contribution is 2.31. The zero-order chi connectivity index (χ0) is 35.9. The zero-order valence-electron chi connectivity index (χ0n) is 28.4. The lowest BCUT2D eigenvalue weighted by Gasteiger charge is -2.24. The Hall–Kier alpha value is -4.31. The van der Waals surface area contributed by atoms with Crippen molar-refractivity contribution >= 4 is 51.6 Å². The molecule has 4 aromatic carbocycles. The summed E-state index contributed by atoms with van der Waals surface area (Å²) >= 11 is 12.2. The number of anilines is 1. The number of halogens is 4. The maximum absolute atomic E-state index is 14.9. The number of nitrogens with two attached hydrogens (primary N) is 1. The predicted molar refractivity (Wildman–Crippen MR) is 198 cm³/mol. The number of carbonyl (C=O) groups excluding carboxylic acids is 2. The Morgan fingerprint density at radius 1 is 0.920 bits per heavy atom. The van der Waals surface area contributed by atoms with Gasteiger partial charge in [0.25, 0.3) is 0 Å². The molecule has 0 fully saturated rings. The van der Waals surface area contributed by atoms with Crippen LogP contribution in [0, 0.1) is 11.6 Å². The van der Waals surface area contributed by atoms with E-state index in [1.165, 1.54) is 13.0 Å². The highest BCUT2D eigenvalue weighted by atomic mass is 35.5. The highest BCUT2D eigenvalue weighted by Gasteiger charge is 2.23. The number of aromatic nitrogens is 2. The predicted octanol–water partition coefficient (Wildman–Crippen LogP) is 8.67. The van der Waals surface area contributed by atoms with E-state index in [0.29, 0.717) is 32.5 Å². The van der Waals surface area contributed by atoms with Gasteiger partial charge in [0.05, 0.1) is 39.7 Å². The Morgan fingerprint density at radius 2 is 1.64 bits per heavy atom. The van der Waals surface area contributed by atoms with E-state index >= 15 is 0 Å². The number of Topliss-reactive ketones (excluding diaryl/α,β-unsaturated/α-hetero) is 1. The van der Waals surface area contributed by atoms with Crippen LogP contribution in [0.3, 0.4) is 0 Å². The lowest BCUT2D eigenvalue weighted by Crippen LogP contribution is -2.43. The number of amides is 1. The minimum Gasteiger partial charge on any atom is -0.372 e. The molecule has 0 aliphatic rings. The minimum absolute atomic E-state index is 0.0332. The number of imidazole rings is 1. The van der Waals surface area contributed by atoms with E-state index in [1.54, 1.807) is 24.3 Å². The van der Waals surface area contributed by atoms with Crippen molar-refractivity contribution in [2.24, 2.45) is 5.73 Å². The zero-order valence-corrected chi connectivity index (χ0v) is 29.9. The van der Waals surface area contributed by atoms with Gasteiger partial charge in [-0.1, -0.05) is 49.2 Å². The second-order valence-electron chi connectivity index (χ2n) is 12.6. The number of nitrogens with one attached hydrogen (secondary N) is 1. The molecule has 0 radical (unpaired) electrons. The normalized spacial score (nSPS) is 12.6. The van der Waals surface area contributed by atoms with E-state index in [1.807, 2.05) is 28.8 Å². The van der Waals surface area contributed by atoms with Crippen LogP contribution in [0.5, 0.6) is 0 Å². The lowest BCUT2D eigenvalue weighted by molar-refractivity contribution is -0.123. The van der Waals surface area contributed by atoms with E-state index in [0.717, 1.165) is 54.9 Å². The molecule has 5 rings (SSSR count). The molecular formula is C39H41Cl2F2N5O2. The quantitative estimate of drug-likeness (QED) is 0.113. The van der Waals surface area contributed by atoms with E-state index in [4.69, 9.17) is 33.9 Å². The molecule has 0 aliphatic carbocycles. The molecule has 262 valence electrons. The first-order valence-corrected chi connectivity index (χ1v) is 17.5. The van der Waals surface area contributed by atoms with E-state index < -0.39 is 29.6 Å². The number of ketones is 1. The fraction of sp³-hybridized carbons (Fsp3) is 0.308. The number of fused-ring (bicyclic) bond motifs is 1. The van der Waals surface area contributed by atoms with Crippen LogP contribution in [0.2, 0.25) is 10.0 Å². The summed E-state index contributed by atoms with van der Waals surface area (Å²) in [5.41, 5.74) is 11.0. The van der Waals surface area contributed by atoms with Crippen molar-refractivity contribution in [3.63, 3.8) is 0 Å². The third-order valence-electron chi connectivity index (χ3n) is 8.57. The Kier molecular flexibility index (Phi) is 12.3. The fourth-order valence-corrected chi connectivity index (χ4v) is 6.46. The topological polar surface area (TPSA) is 93.2 Å². The molecule has 0 bridgehead atoms. The summed E-state index contributed by atoms with van der Waals surface area (Å²) in [7, 11) is 0. The minimum atomic E-state index is -0.911. The Labute approximate surface area is 301 Å². The Bertz CT molecular complexity index is 1980. The second kappa shape index (κ2) is 16.6. The van der Waals surface area contributed by atoms with Crippen molar-refractivity contribution in [3.05, 3.63) is 117 Å². The largest absolute Gasteiger partial charge is 0.372 e. The van der Waals surface area contributed by atoms with Crippen LogP contribution < -0.4 is 16.0 Å². The van der Waals surface area contributed by atoms with Crippen molar-refractivity contribution < 1.29 is 18.4 Å². The summed E-state index contributed by atoms with van der Waals surface area (Å²) in [5.74, 6) is -1.05. The van der Waals surface area contributed by atoms with Gasteiger partial charge in [0.2, 0.25) is 5.91 Å². The van der Waals surface area contributed by atoms with Crippen LogP contribution in [0.25, 0.3) is 22.4 Å². The molecule has 2 atom stereocenters. The summed E-state index contributed by atoms with van der Waals surface area (Å²) in [5, 5.41) is 3.71. The molecule has 0 saturated heterocycles.